The topological polar surface area (TPSA) is 97.8 Å². The van der Waals surface area contributed by atoms with Gasteiger partial charge in [-0.15, -0.1) is 11.3 Å². The molecule has 0 atom stereocenters. The van der Waals surface area contributed by atoms with Crippen LogP contribution in [-0.2, 0) is 6.42 Å². The zero-order chi connectivity index (χ0) is 13.0. The molecule has 2 rings (SSSR count). The summed E-state index contributed by atoms with van der Waals surface area (Å²) >= 11 is 1.62. The van der Waals surface area contributed by atoms with Crippen LogP contribution in [0.15, 0.2) is 17.9 Å². The number of amidine groups is 1. The van der Waals surface area contributed by atoms with Gasteiger partial charge < -0.3 is 10.5 Å². The monoisotopic (exact) mass is 263 g/mol. The van der Waals surface area contributed by atoms with E-state index in [1.807, 2.05) is 12.4 Å². The molecule has 94 valence electrons. The molecule has 6 nitrogen and oxygen atoms in total. The summed E-state index contributed by atoms with van der Waals surface area (Å²) in [7, 11) is 0. The molecule has 0 aromatic carbocycles. The Morgan fingerprint density at radius 1 is 1.39 bits per heavy atom. The van der Waals surface area contributed by atoms with E-state index in [2.05, 4.69) is 15.0 Å². The van der Waals surface area contributed by atoms with Gasteiger partial charge in [0.1, 0.15) is 11.5 Å². The van der Waals surface area contributed by atoms with Crippen molar-refractivity contribution in [2.45, 2.75) is 13.3 Å². The maximum absolute atomic E-state index is 7.19. The van der Waals surface area contributed by atoms with E-state index in [1.165, 1.54) is 17.3 Å². The molecule has 0 aliphatic carbocycles. The minimum Gasteiger partial charge on any atom is -0.476 e. The van der Waals surface area contributed by atoms with Gasteiger partial charge in [0.2, 0.25) is 5.88 Å². The summed E-state index contributed by atoms with van der Waals surface area (Å²) in [6, 6.07) is 0. The number of nitrogens with two attached hydrogens (primary N) is 1. The average molecular weight is 263 g/mol. The third-order valence-electron chi connectivity index (χ3n) is 2.33. The number of hydrogen-bond acceptors (Lipinski definition) is 6. The second kappa shape index (κ2) is 5.54. The van der Waals surface area contributed by atoms with Crippen molar-refractivity contribution in [1.82, 2.24) is 15.0 Å². The molecule has 2 aromatic rings. The van der Waals surface area contributed by atoms with Gasteiger partial charge in [0, 0.05) is 11.3 Å². The Morgan fingerprint density at radius 3 is 2.78 bits per heavy atom. The minimum absolute atomic E-state index is 0.102. The average Bonchev–Trinajstić information content (AvgIpc) is 2.76. The van der Waals surface area contributed by atoms with Crippen molar-refractivity contribution < 1.29 is 4.74 Å². The highest BCUT2D eigenvalue weighted by molar-refractivity contribution is 7.09. The molecule has 0 radical (unpaired) electrons. The Bertz CT molecular complexity index is 537. The van der Waals surface area contributed by atoms with Crippen LogP contribution in [0.25, 0.3) is 0 Å². The Hall–Kier alpha value is -2.02. The normalized spacial score (nSPS) is 10.3. The molecule has 0 fully saturated rings. The molecule has 7 heteroatoms. The first-order chi connectivity index (χ1) is 8.66. The van der Waals surface area contributed by atoms with Gasteiger partial charge in [0.05, 0.1) is 30.2 Å². The van der Waals surface area contributed by atoms with E-state index in [0.29, 0.717) is 18.2 Å². The molecular weight excluding hydrogens is 250 g/mol. The van der Waals surface area contributed by atoms with Gasteiger partial charge in [-0.3, -0.25) is 5.41 Å². The van der Waals surface area contributed by atoms with Crippen molar-refractivity contribution in [1.29, 1.82) is 5.41 Å². The van der Waals surface area contributed by atoms with Crippen molar-refractivity contribution in [2.75, 3.05) is 6.61 Å². The highest BCUT2D eigenvalue weighted by Crippen LogP contribution is 2.13. The maximum atomic E-state index is 7.19. The first-order valence-electron chi connectivity index (χ1n) is 5.35. The van der Waals surface area contributed by atoms with Crippen LogP contribution in [-0.4, -0.2) is 27.4 Å². The van der Waals surface area contributed by atoms with Crippen LogP contribution >= 0.6 is 11.3 Å². The lowest BCUT2D eigenvalue weighted by atomic mass is 10.3. The van der Waals surface area contributed by atoms with Crippen LogP contribution in [0.1, 0.15) is 16.3 Å². The molecule has 0 saturated heterocycles. The minimum atomic E-state index is -0.102. The maximum Gasteiger partial charge on any atom is 0.232 e. The summed E-state index contributed by atoms with van der Waals surface area (Å²) in [6.45, 7) is 2.50. The van der Waals surface area contributed by atoms with Gasteiger partial charge in [-0.1, -0.05) is 0 Å². The van der Waals surface area contributed by atoms with Crippen molar-refractivity contribution in [2.24, 2.45) is 5.73 Å². The standard InChI is InChI=1S/C11H13N5OS/c1-7-9(18-6-16-7)2-3-17-10-5-14-8(4-15-10)11(12)13/h4-6H,2-3H2,1H3,(H3,12,13). The molecular formula is C11H13N5OS. The zero-order valence-corrected chi connectivity index (χ0v) is 10.7. The molecule has 0 saturated carbocycles. The van der Waals surface area contributed by atoms with Crippen LogP contribution in [0, 0.1) is 12.3 Å². The summed E-state index contributed by atoms with van der Waals surface area (Å²) < 4.78 is 5.46. The van der Waals surface area contributed by atoms with E-state index < -0.39 is 0 Å². The SMILES string of the molecule is Cc1ncsc1CCOc1cnc(C(=N)N)cn1. The molecule has 2 heterocycles. The summed E-state index contributed by atoms with van der Waals surface area (Å²) in [4.78, 5) is 13.4. The fraction of sp³-hybridized carbons (Fsp3) is 0.273. The second-order valence-corrected chi connectivity index (χ2v) is 4.55. The van der Waals surface area contributed by atoms with E-state index >= 15 is 0 Å². The summed E-state index contributed by atoms with van der Waals surface area (Å²) in [5.74, 6) is 0.330. The Labute approximate surface area is 108 Å². The largest absolute Gasteiger partial charge is 0.476 e. The number of nitrogens with one attached hydrogen (secondary N) is 1. The lowest BCUT2D eigenvalue weighted by Crippen LogP contribution is -2.13. The van der Waals surface area contributed by atoms with E-state index in [4.69, 9.17) is 15.9 Å². The Morgan fingerprint density at radius 2 is 2.22 bits per heavy atom. The second-order valence-electron chi connectivity index (χ2n) is 3.61. The molecule has 0 unspecified atom stereocenters. The van der Waals surface area contributed by atoms with Crippen LogP contribution in [0.4, 0.5) is 0 Å². The first kappa shape index (κ1) is 12.4. The quantitative estimate of drug-likeness (QED) is 0.623. The Kier molecular flexibility index (Phi) is 3.83. The zero-order valence-electron chi connectivity index (χ0n) is 9.88. The van der Waals surface area contributed by atoms with E-state index in [0.717, 1.165) is 12.1 Å². The van der Waals surface area contributed by atoms with Crippen molar-refractivity contribution >= 4 is 17.2 Å². The third-order valence-corrected chi connectivity index (χ3v) is 3.32. The third kappa shape index (κ3) is 3.01. The van der Waals surface area contributed by atoms with Crippen LogP contribution in [0.5, 0.6) is 5.88 Å². The number of ether oxygens (including phenoxy) is 1. The lowest BCUT2D eigenvalue weighted by Gasteiger charge is -2.04. The number of aromatic nitrogens is 3. The fourth-order valence-corrected chi connectivity index (χ4v) is 2.11. The van der Waals surface area contributed by atoms with Crippen molar-refractivity contribution in [3.8, 4) is 5.88 Å². The molecule has 18 heavy (non-hydrogen) atoms. The molecule has 0 bridgehead atoms. The number of thiazole rings is 1. The highest BCUT2D eigenvalue weighted by Gasteiger charge is 2.03. The fourth-order valence-electron chi connectivity index (χ4n) is 1.34. The van der Waals surface area contributed by atoms with E-state index in [-0.39, 0.29) is 5.84 Å². The molecule has 2 aromatic heterocycles. The predicted molar refractivity (Wildman–Crippen MR) is 69.1 cm³/mol. The van der Waals surface area contributed by atoms with E-state index in [1.54, 1.807) is 11.3 Å². The van der Waals surface area contributed by atoms with Gasteiger partial charge in [-0.2, -0.15) is 0 Å². The molecule has 0 spiro atoms. The summed E-state index contributed by atoms with van der Waals surface area (Å²) in [5.41, 5.74) is 8.50. The highest BCUT2D eigenvalue weighted by atomic mass is 32.1. The first-order valence-corrected chi connectivity index (χ1v) is 6.23. The smallest absolute Gasteiger partial charge is 0.232 e. The summed E-state index contributed by atoms with van der Waals surface area (Å²) in [5, 5.41) is 7.19. The molecule has 0 amide bonds. The number of hydrogen-bond donors (Lipinski definition) is 2. The van der Waals surface area contributed by atoms with Crippen molar-refractivity contribution in [3.63, 3.8) is 0 Å². The molecule has 3 N–H and O–H groups in total. The van der Waals surface area contributed by atoms with Crippen LogP contribution in [0.2, 0.25) is 0 Å². The van der Waals surface area contributed by atoms with Gasteiger partial charge >= 0.3 is 0 Å². The predicted octanol–water partition coefficient (Wildman–Crippen LogP) is 1.15. The number of nitrogens with zero attached hydrogens (tertiary/aromatic N) is 3. The van der Waals surface area contributed by atoms with Gasteiger partial charge in [-0.25, -0.2) is 15.0 Å². The van der Waals surface area contributed by atoms with Crippen LogP contribution < -0.4 is 10.5 Å². The molecule has 0 aliphatic rings. The number of aryl methyl sites for hydroxylation is 1. The van der Waals surface area contributed by atoms with Gasteiger partial charge in [-0.05, 0) is 6.92 Å². The van der Waals surface area contributed by atoms with Gasteiger partial charge in [0.15, 0.2) is 0 Å². The number of rotatable bonds is 5. The lowest BCUT2D eigenvalue weighted by molar-refractivity contribution is 0.308. The molecule has 0 aliphatic heterocycles. The van der Waals surface area contributed by atoms with Crippen molar-refractivity contribution in [3.05, 3.63) is 34.2 Å². The Balaban J connectivity index is 1.87. The van der Waals surface area contributed by atoms with Gasteiger partial charge in [0.25, 0.3) is 0 Å². The summed E-state index contributed by atoms with van der Waals surface area (Å²) in [6.07, 6.45) is 3.69. The number of nitrogen functional groups attached to an aromatic ring is 1. The van der Waals surface area contributed by atoms with Crippen LogP contribution in [0.3, 0.4) is 0 Å². The van der Waals surface area contributed by atoms with E-state index in [9.17, 15) is 0 Å².